The molecule has 1 atom stereocenters. The lowest BCUT2D eigenvalue weighted by molar-refractivity contribution is 0.0708. The number of amides is 1. The molecule has 2 aromatic heterocycles. The molecular formula is C22H25FN4O2. The Hall–Kier alpha value is -2.96. The van der Waals surface area contributed by atoms with E-state index in [1.54, 1.807) is 23.2 Å². The number of likely N-dealkylation sites (tertiary alicyclic amines) is 1. The van der Waals surface area contributed by atoms with Crippen molar-refractivity contribution in [2.45, 2.75) is 51.5 Å². The van der Waals surface area contributed by atoms with E-state index in [9.17, 15) is 9.18 Å². The highest BCUT2D eigenvalue weighted by molar-refractivity contribution is 5.92. The van der Waals surface area contributed by atoms with Crippen LogP contribution in [0.3, 0.4) is 0 Å². The molecule has 3 heterocycles. The van der Waals surface area contributed by atoms with Gasteiger partial charge in [-0.1, -0.05) is 25.5 Å². The summed E-state index contributed by atoms with van der Waals surface area (Å²) in [4.78, 5) is 19.2. The fourth-order valence-electron chi connectivity index (χ4n) is 3.74. The molecule has 7 heteroatoms. The average Bonchev–Trinajstić information content (AvgIpc) is 3.48. The van der Waals surface area contributed by atoms with Crippen molar-refractivity contribution >= 4 is 5.91 Å². The highest BCUT2D eigenvalue weighted by Gasteiger charge is 2.34. The molecule has 1 aliphatic heterocycles. The number of carbonyl (C=O) groups is 1. The maximum atomic E-state index is 13.1. The summed E-state index contributed by atoms with van der Waals surface area (Å²) < 4.78 is 19.0. The van der Waals surface area contributed by atoms with E-state index in [0.717, 1.165) is 43.4 Å². The second-order valence-electron chi connectivity index (χ2n) is 7.51. The predicted octanol–water partition coefficient (Wildman–Crippen LogP) is 4.45. The van der Waals surface area contributed by atoms with Gasteiger partial charge in [-0.2, -0.15) is 5.10 Å². The molecule has 3 aromatic rings. The van der Waals surface area contributed by atoms with Crippen LogP contribution < -0.4 is 0 Å². The van der Waals surface area contributed by atoms with Crippen LogP contribution in [-0.2, 0) is 12.8 Å². The number of hydrogen-bond donors (Lipinski definition) is 1. The Kier molecular flexibility index (Phi) is 5.74. The van der Waals surface area contributed by atoms with E-state index in [4.69, 9.17) is 4.42 Å². The number of H-pyrrole nitrogens is 1. The fraction of sp³-hybridized carbons (Fsp3) is 0.409. The predicted molar refractivity (Wildman–Crippen MR) is 106 cm³/mol. The zero-order valence-corrected chi connectivity index (χ0v) is 16.5. The van der Waals surface area contributed by atoms with Crippen molar-refractivity contribution in [1.82, 2.24) is 20.1 Å². The molecule has 0 aliphatic carbocycles. The van der Waals surface area contributed by atoms with Crippen molar-refractivity contribution in [2.24, 2.45) is 0 Å². The van der Waals surface area contributed by atoms with E-state index in [2.05, 4.69) is 22.1 Å². The van der Waals surface area contributed by atoms with Gasteiger partial charge in [-0.05, 0) is 49.4 Å². The van der Waals surface area contributed by atoms with E-state index in [-0.39, 0.29) is 17.8 Å². The smallest absolute Gasteiger partial charge is 0.275 e. The Labute approximate surface area is 169 Å². The molecule has 1 unspecified atom stereocenters. The molecule has 0 bridgehead atoms. The quantitative estimate of drug-likeness (QED) is 0.640. The molecule has 0 saturated carbocycles. The van der Waals surface area contributed by atoms with Crippen LogP contribution in [0.1, 0.15) is 72.0 Å². The molecular weight excluding hydrogens is 371 g/mol. The monoisotopic (exact) mass is 396 g/mol. The molecule has 1 amide bonds. The summed E-state index contributed by atoms with van der Waals surface area (Å²) in [7, 11) is 0. The largest absolute Gasteiger partial charge is 0.443 e. The Balaban J connectivity index is 1.45. The maximum absolute atomic E-state index is 13.1. The SMILES string of the molecule is CCCCc1cc(C(=O)N2CCCC2c2ncc(Cc3ccc(F)cc3)o2)n[nH]1. The number of aromatic nitrogens is 3. The highest BCUT2D eigenvalue weighted by Crippen LogP contribution is 2.33. The summed E-state index contributed by atoms with van der Waals surface area (Å²) >= 11 is 0. The normalized spacial score (nSPS) is 16.5. The van der Waals surface area contributed by atoms with Gasteiger partial charge >= 0.3 is 0 Å². The molecule has 6 nitrogen and oxygen atoms in total. The van der Waals surface area contributed by atoms with Gasteiger partial charge in [0.15, 0.2) is 0 Å². The zero-order valence-electron chi connectivity index (χ0n) is 16.5. The van der Waals surface area contributed by atoms with E-state index >= 15 is 0 Å². The molecule has 1 aliphatic rings. The lowest BCUT2D eigenvalue weighted by Crippen LogP contribution is -2.31. The van der Waals surface area contributed by atoms with Gasteiger partial charge < -0.3 is 9.32 Å². The number of unbranched alkanes of at least 4 members (excludes halogenated alkanes) is 1. The third-order valence-corrected chi connectivity index (χ3v) is 5.31. The molecule has 29 heavy (non-hydrogen) atoms. The van der Waals surface area contributed by atoms with Crippen LogP contribution in [-0.4, -0.2) is 32.5 Å². The second kappa shape index (κ2) is 8.59. The van der Waals surface area contributed by atoms with Gasteiger partial charge in [0.1, 0.15) is 23.3 Å². The number of halogens is 1. The van der Waals surface area contributed by atoms with Crippen LogP contribution in [0.4, 0.5) is 4.39 Å². The van der Waals surface area contributed by atoms with E-state index < -0.39 is 0 Å². The molecule has 0 spiro atoms. The molecule has 0 radical (unpaired) electrons. The number of aryl methyl sites for hydroxylation is 1. The first kappa shape index (κ1) is 19.4. The second-order valence-corrected chi connectivity index (χ2v) is 7.51. The summed E-state index contributed by atoms with van der Waals surface area (Å²) in [5.74, 6) is 0.898. The van der Waals surface area contributed by atoms with Crippen LogP contribution in [0.25, 0.3) is 0 Å². The fourth-order valence-corrected chi connectivity index (χ4v) is 3.74. The van der Waals surface area contributed by atoms with Crippen molar-refractivity contribution < 1.29 is 13.6 Å². The number of oxazole rings is 1. The van der Waals surface area contributed by atoms with Crippen molar-refractivity contribution in [1.29, 1.82) is 0 Å². The number of nitrogens with one attached hydrogen (secondary N) is 1. The molecule has 1 N–H and O–H groups in total. The number of rotatable bonds is 7. The minimum atomic E-state index is -0.261. The summed E-state index contributed by atoms with van der Waals surface area (Å²) in [6.07, 6.45) is 7.00. The Bertz CT molecular complexity index is 963. The molecule has 1 saturated heterocycles. The van der Waals surface area contributed by atoms with Gasteiger partial charge in [0, 0.05) is 18.7 Å². The number of carbonyl (C=O) groups excluding carboxylic acids is 1. The van der Waals surface area contributed by atoms with Crippen molar-refractivity contribution in [2.75, 3.05) is 6.54 Å². The minimum absolute atomic E-state index is 0.0928. The lowest BCUT2D eigenvalue weighted by atomic mass is 10.1. The summed E-state index contributed by atoms with van der Waals surface area (Å²) in [5.41, 5.74) is 2.38. The van der Waals surface area contributed by atoms with Crippen molar-refractivity contribution in [3.63, 3.8) is 0 Å². The number of aromatic amines is 1. The first-order valence-corrected chi connectivity index (χ1v) is 10.2. The van der Waals surface area contributed by atoms with Crippen molar-refractivity contribution in [3.8, 4) is 0 Å². The number of nitrogens with zero attached hydrogens (tertiary/aromatic N) is 3. The van der Waals surface area contributed by atoms with Gasteiger partial charge in [-0.15, -0.1) is 0 Å². The minimum Gasteiger partial charge on any atom is -0.443 e. The Morgan fingerprint density at radius 2 is 2.17 bits per heavy atom. The van der Waals surface area contributed by atoms with Gasteiger partial charge in [0.25, 0.3) is 5.91 Å². The summed E-state index contributed by atoms with van der Waals surface area (Å²) in [6, 6.07) is 8.00. The molecule has 4 rings (SSSR count). The topological polar surface area (TPSA) is 75.0 Å². The Morgan fingerprint density at radius 1 is 1.34 bits per heavy atom. The van der Waals surface area contributed by atoms with E-state index in [0.29, 0.717) is 30.3 Å². The average molecular weight is 396 g/mol. The molecule has 152 valence electrons. The van der Waals surface area contributed by atoms with Crippen LogP contribution in [0, 0.1) is 5.82 Å². The Morgan fingerprint density at radius 3 is 2.97 bits per heavy atom. The summed E-state index contributed by atoms with van der Waals surface area (Å²) in [5, 5.41) is 7.18. The summed E-state index contributed by atoms with van der Waals surface area (Å²) in [6.45, 7) is 2.80. The van der Waals surface area contributed by atoms with E-state index in [1.165, 1.54) is 12.1 Å². The third kappa shape index (κ3) is 4.39. The number of benzene rings is 1. The zero-order chi connectivity index (χ0) is 20.2. The van der Waals surface area contributed by atoms with Crippen molar-refractivity contribution in [3.05, 3.63) is 70.9 Å². The molecule has 1 aromatic carbocycles. The first-order valence-electron chi connectivity index (χ1n) is 10.2. The van der Waals surface area contributed by atoms with Gasteiger partial charge in [-0.3, -0.25) is 9.89 Å². The van der Waals surface area contributed by atoms with Gasteiger partial charge in [0.05, 0.1) is 6.20 Å². The van der Waals surface area contributed by atoms with Crippen LogP contribution in [0.15, 0.2) is 40.9 Å². The van der Waals surface area contributed by atoms with Crippen LogP contribution in [0.5, 0.6) is 0 Å². The van der Waals surface area contributed by atoms with E-state index in [1.807, 2.05) is 6.07 Å². The highest BCUT2D eigenvalue weighted by atomic mass is 19.1. The van der Waals surface area contributed by atoms with Crippen LogP contribution in [0.2, 0.25) is 0 Å². The maximum Gasteiger partial charge on any atom is 0.275 e. The standard InChI is InChI=1S/C22H25FN4O2/c1-2-3-5-17-13-19(26-25-17)22(28)27-11-4-6-20(27)21-24-14-18(29-21)12-15-7-9-16(23)10-8-15/h7-10,13-14,20H,2-6,11-12H2,1H3,(H,25,26). The van der Waals surface area contributed by atoms with Gasteiger partial charge in [0.2, 0.25) is 5.89 Å². The lowest BCUT2D eigenvalue weighted by Gasteiger charge is -2.21. The van der Waals surface area contributed by atoms with Crippen LogP contribution >= 0.6 is 0 Å². The van der Waals surface area contributed by atoms with Gasteiger partial charge in [-0.25, -0.2) is 9.37 Å². The third-order valence-electron chi connectivity index (χ3n) is 5.31. The molecule has 1 fully saturated rings. The number of hydrogen-bond acceptors (Lipinski definition) is 4. The first-order chi connectivity index (χ1) is 14.1.